The van der Waals surface area contributed by atoms with Crippen molar-refractivity contribution in [3.8, 4) is 17.1 Å². The molecule has 0 aliphatic carbocycles. The first-order valence-electron chi connectivity index (χ1n) is 9.01. The summed E-state index contributed by atoms with van der Waals surface area (Å²) in [7, 11) is 0. The monoisotopic (exact) mass is 360 g/mol. The molecule has 4 rings (SSSR count). The van der Waals surface area contributed by atoms with E-state index in [-0.39, 0.29) is 12.0 Å². The molecule has 2 aromatic heterocycles. The number of hydrogen-bond acceptors (Lipinski definition) is 5. The highest BCUT2D eigenvalue weighted by Gasteiger charge is 2.26. The molecule has 1 aliphatic heterocycles. The zero-order chi connectivity index (χ0) is 18.5. The third kappa shape index (κ3) is 4.11. The number of carbonyl (C=O) groups excluding carboxylic acids is 1. The number of ether oxygens (including phenoxy) is 1. The smallest absolute Gasteiger partial charge is 0.220 e. The van der Waals surface area contributed by atoms with Crippen LogP contribution in [0.25, 0.3) is 11.4 Å². The van der Waals surface area contributed by atoms with Crippen LogP contribution in [0.4, 0.5) is 0 Å². The van der Waals surface area contributed by atoms with E-state index in [2.05, 4.69) is 20.3 Å². The van der Waals surface area contributed by atoms with Gasteiger partial charge in [0.1, 0.15) is 11.9 Å². The minimum atomic E-state index is -0.0767. The fourth-order valence-corrected chi connectivity index (χ4v) is 3.19. The van der Waals surface area contributed by atoms with E-state index in [1.807, 2.05) is 30.3 Å². The fourth-order valence-electron chi connectivity index (χ4n) is 3.19. The van der Waals surface area contributed by atoms with E-state index in [9.17, 15) is 4.79 Å². The average Bonchev–Trinajstić information content (AvgIpc) is 3.15. The molecule has 3 aromatic rings. The number of carbonyl (C=O) groups is 1. The summed E-state index contributed by atoms with van der Waals surface area (Å²) in [6.07, 6.45) is 8.76. The Labute approximate surface area is 157 Å². The van der Waals surface area contributed by atoms with Crippen molar-refractivity contribution in [2.24, 2.45) is 0 Å². The number of rotatable bonds is 6. The Morgan fingerprint density at radius 3 is 2.81 bits per heavy atom. The average molecular weight is 360 g/mol. The zero-order valence-corrected chi connectivity index (χ0v) is 14.8. The lowest BCUT2D eigenvalue weighted by Gasteiger charge is -2.13. The molecule has 6 nitrogen and oxygen atoms in total. The molecule has 1 aliphatic rings. The summed E-state index contributed by atoms with van der Waals surface area (Å²) in [5.74, 6) is 1.49. The number of aromatic nitrogens is 3. The van der Waals surface area contributed by atoms with Crippen LogP contribution in [0.15, 0.2) is 61.2 Å². The molecule has 0 fully saturated rings. The predicted octanol–water partition coefficient (Wildman–Crippen LogP) is 2.59. The molecular weight excluding hydrogens is 340 g/mol. The number of benzene rings is 1. The van der Waals surface area contributed by atoms with Gasteiger partial charge in [-0.05, 0) is 35.7 Å². The van der Waals surface area contributed by atoms with Crippen LogP contribution in [0.3, 0.4) is 0 Å². The molecule has 1 atom stereocenters. The van der Waals surface area contributed by atoms with Gasteiger partial charge in [-0.1, -0.05) is 18.2 Å². The van der Waals surface area contributed by atoms with E-state index in [1.165, 1.54) is 0 Å². The molecule has 0 bridgehead atoms. The number of fused-ring (bicyclic) bond motifs is 1. The Balaban J connectivity index is 1.33. The Hall–Kier alpha value is -3.28. The van der Waals surface area contributed by atoms with Crippen molar-refractivity contribution < 1.29 is 9.53 Å². The van der Waals surface area contributed by atoms with Gasteiger partial charge in [0.2, 0.25) is 5.91 Å². The highest BCUT2D eigenvalue weighted by atomic mass is 16.5. The second-order valence-corrected chi connectivity index (χ2v) is 6.48. The third-order valence-corrected chi connectivity index (χ3v) is 4.53. The van der Waals surface area contributed by atoms with Crippen LogP contribution >= 0.6 is 0 Å². The number of nitrogens with zero attached hydrogens (tertiary/aromatic N) is 3. The van der Waals surface area contributed by atoms with Crippen LogP contribution in [-0.2, 0) is 17.6 Å². The molecule has 3 heterocycles. The van der Waals surface area contributed by atoms with E-state index in [0.29, 0.717) is 25.2 Å². The lowest BCUT2D eigenvalue weighted by atomic mass is 10.1. The van der Waals surface area contributed by atoms with E-state index >= 15 is 0 Å². The van der Waals surface area contributed by atoms with E-state index in [0.717, 1.165) is 28.9 Å². The number of para-hydroxylation sites is 1. The quantitative estimate of drug-likeness (QED) is 0.731. The Morgan fingerprint density at radius 1 is 1.11 bits per heavy atom. The van der Waals surface area contributed by atoms with E-state index < -0.39 is 0 Å². The lowest BCUT2D eigenvalue weighted by Crippen LogP contribution is -2.34. The van der Waals surface area contributed by atoms with Crippen molar-refractivity contribution >= 4 is 5.91 Å². The van der Waals surface area contributed by atoms with Crippen molar-refractivity contribution in [2.45, 2.75) is 25.4 Å². The van der Waals surface area contributed by atoms with Crippen molar-refractivity contribution in [1.29, 1.82) is 0 Å². The SMILES string of the molecule is O=C(CCc1cccnc1)NCC1Cc2cccc(-c3ncccn3)c2O1. The molecule has 6 heteroatoms. The summed E-state index contributed by atoms with van der Waals surface area (Å²) in [6, 6.07) is 11.6. The molecule has 1 amide bonds. The molecule has 0 spiro atoms. The first-order chi connectivity index (χ1) is 13.3. The third-order valence-electron chi connectivity index (χ3n) is 4.53. The van der Waals surface area contributed by atoms with Crippen LogP contribution in [0.2, 0.25) is 0 Å². The van der Waals surface area contributed by atoms with Crippen molar-refractivity contribution in [3.05, 3.63) is 72.3 Å². The van der Waals surface area contributed by atoms with Gasteiger partial charge < -0.3 is 10.1 Å². The Kier molecular flexibility index (Phi) is 5.05. The highest BCUT2D eigenvalue weighted by molar-refractivity contribution is 5.76. The maximum Gasteiger partial charge on any atom is 0.220 e. The highest BCUT2D eigenvalue weighted by Crippen LogP contribution is 2.37. The minimum absolute atomic E-state index is 0.0185. The van der Waals surface area contributed by atoms with Gasteiger partial charge in [-0.25, -0.2) is 9.97 Å². The second-order valence-electron chi connectivity index (χ2n) is 6.48. The molecule has 1 N–H and O–H groups in total. The van der Waals surface area contributed by atoms with Gasteiger partial charge in [0.05, 0.1) is 12.1 Å². The molecule has 1 aromatic carbocycles. The molecule has 27 heavy (non-hydrogen) atoms. The van der Waals surface area contributed by atoms with Crippen LogP contribution < -0.4 is 10.1 Å². The summed E-state index contributed by atoms with van der Waals surface area (Å²) in [5.41, 5.74) is 3.07. The Morgan fingerprint density at radius 2 is 2.00 bits per heavy atom. The molecule has 1 unspecified atom stereocenters. The first kappa shape index (κ1) is 17.1. The van der Waals surface area contributed by atoms with Gasteiger partial charge in [-0.2, -0.15) is 0 Å². The van der Waals surface area contributed by atoms with Gasteiger partial charge in [-0.3, -0.25) is 9.78 Å². The summed E-state index contributed by atoms with van der Waals surface area (Å²) in [5, 5.41) is 2.97. The summed E-state index contributed by atoms with van der Waals surface area (Å²) in [4.78, 5) is 24.8. The van der Waals surface area contributed by atoms with Gasteiger partial charge >= 0.3 is 0 Å². The van der Waals surface area contributed by atoms with E-state index in [1.54, 1.807) is 30.9 Å². The van der Waals surface area contributed by atoms with Crippen molar-refractivity contribution in [1.82, 2.24) is 20.3 Å². The first-order valence-corrected chi connectivity index (χ1v) is 9.01. The molecular formula is C21H20N4O2. The topological polar surface area (TPSA) is 77.0 Å². The van der Waals surface area contributed by atoms with Crippen molar-refractivity contribution in [3.63, 3.8) is 0 Å². The zero-order valence-electron chi connectivity index (χ0n) is 14.8. The number of hydrogen-bond donors (Lipinski definition) is 1. The number of nitrogens with one attached hydrogen (secondary N) is 1. The number of amides is 1. The van der Waals surface area contributed by atoms with E-state index in [4.69, 9.17) is 4.74 Å². The Bertz CT molecular complexity index is 916. The van der Waals surface area contributed by atoms with Gasteiger partial charge in [0.25, 0.3) is 0 Å². The minimum Gasteiger partial charge on any atom is -0.487 e. The fraction of sp³-hybridized carbons (Fsp3) is 0.238. The van der Waals surface area contributed by atoms with Crippen LogP contribution in [0.1, 0.15) is 17.5 Å². The summed E-state index contributed by atoms with van der Waals surface area (Å²) in [6.45, 7) is 0.482. The van der Waals surface area contributed by atoms with Crippen LogP contribution in [0.5, 0.6) is 5.75 Å². The van der Waals surface area contributed by atoms with Gasteiger partial charge in [-0.15, -0.1) is 0 Å². The standard InChI is InChI=1S/C21H20N4O2/c26-19(8-7-15-4-2-9-22-13-15)25-14-17-12-16-5-1-6-18(20(16)27-17)21-23-10-3-11-24-21/h1-6,9-11,13,17H,7-8,12,14H2,(H,25,26). The lowest BCUT2D eigenvalue weighted by molar-refractivity contribution is -0.121. The molecule has 0 saturated heterocycles. The largest absolute Gasteiger partial charge is 0.487 e. The summed E-state index contributed by atoms with van der Waals surface area (Å²) < 4.78 is 6.10. The number of aryl methyl sites for hydroxylation is 1. The van der Waals surface area contributed by atoms with Crippen molar-refractivity contribution in [2.75, 3.05) is 6.54 Å². The molecule has 0 saturated carbocycles. The molecule has 136 valence electrons. The maximum atomic E-state index is 12.1. The number of pyridine rings is 1. The van der Waals surface area contributed by atoms with Gasteiger partial charge in [0, 0.05) is 37.6 Å². The van der Waals surface area contributed by atoms with Gasteiger partial charge in [0.15, 0.2) is 5.82 Å². The predicted molar refractivity (Wildman–Crippen MR) is 101 cm³/mol. The normalized spacial score (nSPS) is 15.0. The maximum absolute atomic E-state index is 12.1. The van der Waals surface area contributed by atoms with Crippen LogP contribution in [-0.4, -0.2) is 33.5 Å². The second kappa shape index (κ2) is 7.95. The molecule has 0 radical (unpaired) electrons. The summed E-state index contributed by atoms with van der Waals surface area (Å²) >= 11 is 0. The van der Waals surface area contributed by atoms with Crippen LogP contribution in [0, 0.1) is 0 Å².